The van der Waals surface area contributed by atoms with Crippen molar-refractivity contribution in [3.05, 3.63) is 22.4 Å². The van der Waals surface area contributed by atoms with Gasteiger partial charge in [0.2, 0.25) is 0 Å². The number of likely N-dealkylation sites (tertiary alicyclic amines) is 1. The van der Waals surface area contributed by atoms with Gasteiger partial charge in [0.15, 0.2) is 0 Å². The van der Waals surface area contributed by atoms with E-state index in [1.165, 1.54) is 7.11 Å². The molecule has 1 aliphatic heterocycles. The number of methoxy groups -OCH3 is 1. The Kier molecular flexibility index (Phi) is 9.02. The van der Waals surface area contributed by atoms with E-state index in [2.05, 4.69) is 24.8 Å². The highest BCUT2D eigenvalue weighted by Crippen LogP contribution is 2.44. The zero-order valence-electron chi connectivity index (χ0n) is 19.8. The molecule has 2 aliphatic rings. The lowest BCUT2D eigenvalue weighted by atomic mass is 9.72. The van der Waals surface area contributed by atoms with Crippen molar-refractivity contribution in [1.29, 1.82) is 10.5 Å². The van der Waals surface area contributed by atoms with Crippen LogP contribution in [0.15, 0.2) is 22.4 Å². The Morgan fingerprint density at radius 3 is 2.34 bits per heavy atom. The third-order valence-electron chi connectivity index (χ3n) is 6.03. The summed E-state index contributed by atoms with van der Waals surface area (Å²) in [4.78, 5) is 14.3. The third-order valence-corrected chi connectivity index (χ3v) is 8.71. The number of esters is 1. The van der Waals surface area contributed by atoms with Crippen LogP contribution in [-0.4, -0.2) is 73.9 Å². The van der Waals surface area contributed by atoms with Gasteiger partial charge in [-0.3, -0.25) is 0 Å². The molecule has 1 heterocycles. The average molecular weight is 464 g/mol. The van der Waals surface area contributed by atoms with Crippen LogP contribution in [0.1, 0.15) is 33.1 Å². The zero-order valence-corrected chi connectivity index (χ0v) is 20.8. The van der Waals surface area contributed by atoms with Crippen LogP contribution in [0.2, 0.25) is 6.04 Å². The van der Waals surface area contributed by atoms with Gasteiger partial charge in [-0.15, -0.1) is 0 Å². The molecule has 0 amide bonds. The van der Waals surface area contributed by atoms with E-state index in [1.807, 2.05) is 6.07 Å². The van der Waals surface area contributed by atoms with Crippen molar-refractivity contribution in [2.24, 2.45) is 5.41 Å². The van der Waals surface area contributed by atoms with Crippen molar-refractivity contribution >= 4 is 14.8 Å². The number of carbonyl (C=O) groups is 1. The molecule has 2 rings (SSSR count). The largest absolute Gasteiger partial charge is 0.502 e. The predicted octanol–water partition coefficient (Wildman–Crippen LogP) is 2.55. The van der Waals surface area contributed by atoms with Gasteiger partial charge in [-0.1, -0.05) is 13.8 Å². The molecule has 1 fully saturated rings. The van der Waals surface area contributed by atoms with Crippen LogP contribution < -0.4 is 0 Å². The number of rotatable bonds is 9. The first kappa shape index (κ1) is 26.0. The maximum atomic E-state index is 12.2. The first-order valence-corrected chi connectivity index (χ1v) is 12.5. The molecule has 10 heteroatoms. The van der Waals surface area contributed by atoms with Gasteiger partial charge in [-0.2, -0.15) is 10.5 Å². The number of ether oxygens (including phenoxy) is 2. The molecule has 0 radical (unpaired) electrons. The van der Waals surface area contributed by atoms with E-state index in [0.29, 0.717) is 43.2 Å². The molecular formula is C22H33N3O6Si. The second-order valence-electron chi connectivity index (χ2n) is 8.68. The summed E-state index contributed by atoms with van der Waals surface area (Å²) in [5.41, 5.74) is 1.42. The summed E-state index contributed by atoms with van der Waals surface area (Å²) in [6.07, 6.45) is 1.95. The smallest absolute Gasteiger partial charge is 0.465 e. The van der Waals surface area contributed by atoms with Crippen LogP contribution in [0.4, 0.5) is 0 Å². The molecular weight excluding hydrogens is 430 g/mol. The number of nitriles is 2. The molecule has 0 spiro atoms. The van der Waals surface area contributed by atoms with E-state index < -0.39 is 14.8 Å². The number of nitrogens with zero attached hydrogens (tertiary/aromatic N) is 3. The zero-order chi connectivity index (χ0) is 23.9. The summed E-state index contributed by atoms with van der Waals surface area (Å²) in [5, 5.41) is 19.5. The molecule has 0 saturated carbocycles. The van der Waals surface area contributed by atoms with Gasteiger partial charge in [0.05, 0.1) is 25.4 Å². The first-order chi connectivity index (χ1) is 15.2. The normalized spacial score (nSPS) is 22.4. The van der Waals surface area contributed by atoms with Gasteiger partial charge in [-0.05, 0) is 30.3 Å². The Morgan fingerprint density at radius 1 is 1.16 bits per heavy atom. The molecule has 176 valence electrons. The molecule has 1 aliphatic carbocycles. The first-order valence-electron chi connectivity index (χ1n) is 10.6. The maximum Gasteiger partial charge on any atom is 0.502 e. The summed E-state index contributed by atoms with van der Waals surface area (Å²) in [6.45, 7) is 5.95. The van der Waals surface area contributed by atoms with Crippen molar-refractivity contribution in [2.45, 2.75) is 45.3 Å². The number of hydrogen-bond donors (Lipinski definition) is 0. The Bertz CT molecular complexity index is 842. The quantitative estimate of drug-likeness (QED) is 0.220. The van der Waals surface area contributed by atoms with Crippen molar-refractivity contribution in [3.63, 3.8) is 0 Å². The van der Waals surface area contributed by atoms with Crippen LogP contribution in [0.3, 0.4) is 0 Å². The topological polar surface area (TPSA) is 114 Å². The van der Waals surface area contributed by atoms with Crippen LogP contribution in [0, 0.1) is 28.1 Å². The lowest BCUT2D eigenvalue weighted by molar-refractivity contribution is -0.135. The van der Waals surface area contributed by atoms with Crippen molar-refractivity contribution in [1.82, 2.24) is 4.90 Å². The Morgan fingerprint density at radius 2 is 1.81 bits per heavy atom. The molecule has 9 nitrogen and oxygen atoms in total. The fourth-order valence-corrected chi connectivity index (χ4v) is 5.80. The summed E-state index contributed by atoms with van der Waals surface area (Å²) < 4.78 is 27.1. The van der Waals surface area contributed by atoms with Gasteiger partial charge in [-0.25, -0.2) is 4.79 Å². The van der Waals surface area contributed by atoms with Gasteiger partial charge in [0, 0.05) is 46.2 Å². The summed E-state index contributed by atoms with van der Waals surface area (Å²) in [5.74, 6) is -0.711. The highest BCUT2D eigenvalue weighted by Gasteiger charge is 2.40. The Hall–Kier alpha value is -2.21. The number of carbonyl (C=O) groups excluding carboxylic acids is 1. The van der Waals surface area contributed by atoms with Gasteiger partial charge >= 0.3 is 14.8 Å². The lowest BCUT2D eigenvalue weighted by Gasteiger charge is -2.37. The van der Waals surface area contributed by atoms with Crippen LogP contribution >= 0.6 is 0 Å². The molecule has 1 unspecified atom stereocenters. The fourth-order valence-electron chi connectivity index (χ4n) is 4.32. The lowest BCUT2D eigenvalue weighted by Crippen LogP contribution is -2.44. The summed E-state index contributed by atoms with van der Waals surface area (Å²) in [7, 11) is 3.28. The minimum Gasteiger partial charge on any atom is -0.465 e. The molecule has 0 aromatic carbocycles. The van der Waals surface area contributed by atoms with Crippen LogP contribution in [-0.2, 0) is 27.5 Å². The van der Waals surface area contributed by atoms with E-state index in [9.17, 15) is 15.3 Å². The molecule has 1 saturated heterocycles. The Balaban J connectivity index is 2.22. The average Bonchev–Trinajstić information content (AvgIpc) is 3.25. The predicted molar refractivity (Wildman–Crippen MR) is 118 cm³/mol. The molecule has 0 aromatic rings. The SMILES string of the molecule is COC(=O)/C(C#N)=C1\CC(C)(C)CC(N2CCC(OCC[Si](OC)(OC)OC)C2)=C1C#N. The molecule has 1 atom stereocenters. The standard InChI is InChI=1S/C22H33N3O6Si/c1-22(2)11-17(19(14-24)21(26)27-3)18(13-23)20(12-22)25-8-7-16(15-25)31-9-10-32(28-4,29-5)30-6/h16H,7-12,15H2,1-6H3/b19-17+. The number of allylic oxidation sites excluding steroid dienone is 3. The monoisotopic (exact) mass is 463 g/mol. The minimum absolute atomic E-state index is 0.00627. The molecule has 0 bridgehead atoms. The minimum atomic E-state index is -2.69. The van der Waals surface area contributed by atoms with Crippen LogP contribution in [0.5, 0.6) is 0 Å². The molecule has 0 N–H and O–H groups in total. The van der Waals surface area contributed by atoms with Crippen molar-refractivity contribution < 1.29 is 27.5 Å². The second-order valence-corrected chi connectivity index (χ2v) is 11.8. The van der Waals surface area contributed by atoms with Gasteiger partial charge in [0.1, 0.15) is 17.7 Å². The van der Waals surface area contributed by atoms with E-state index in [4.69, 9.17) is 22.8 Å². The van der Waals surface area contributed by atoms with E-state index in [1.54, 1.807) is 21.3 Å². The highest BCUT2D eigenvalue weighted by atomic mass is 28.4. The third kappa shape index (κ3) is 5.77. The van der Waals surface area contributed by atoms with E-state index >= 15 is 0 Å². The van der Waals surface area contributed by atoms with Gasteiger partial charge < -0.3 is 27.7 Å². The summed E-state index contributed by atoms with van der Waals surface area (Å²) in [6, 6.07) is 4.74. The second kappa shape index (κ2) is 11.1. The maximum absolute atomic E-state index is 12.2. The van der Waals surface area contributed by atoms with E-state index in [0.717, 1.165) is 18.7 Å². The van der Waals surface area contributed by atoms with Crippen molar-refractivity contribution in [3.8, 4) is 12.1 Å². The highest BCUT2D eigenvalue weighted by molar-refractivity contribution is 6.60. The van der Waals surface area contributed by atoms with Gasteiger partial charge in [0.25, 0.3) is 0 Å². The summed E-state index contributed by atoms with van der Waals surface area (Å²) >= 11 is 0. The molecule has 32 heavy (non-hydrogen) atoms. The molecule has 0 aromatic heterocycles. The number of hydrogen-bond acceptors (Lipinski definition) is 9. The fraction of sp³-hybridized carbons (Fsp3) is 0.682. The van der Waals surface area contributed by atoms with Crippen molar-refractivity contribution in [2.75, 3.05) is 48.1 Å². The Labute approximate surface area is 191 Å². The van der Waals surface area contributed by atoms with Crippen LogP contribution in [0.25, 0.3) is 0 Å². The van der Waals surface area contributed by atoms with E-state index in [-0.39, 0.29) is 17.1 Å².